The number of rotatable bonds is 6. The van der Waals surface area contributed by atoms with Gasteiger partial charge in [-0.1, -0.05) is 12.1 Å². The van der Waals surface area contributed by atoms with Gasteiger partial charge in [0.2, 0.25) is 0 Å². The molecule has 1 aromatic carbocycles. The lowest BCUT2D eigenvalue weighted by molar-refractivity contribution is -0.284. The third-order valence-corrected chi connectivity index (χ3v) is 3.35. The summed E-state index contributed by atoms with van der Waals surface area (Å²) in [5.74, 6) is -7.12. The fourth-order valence-corrected chi connectivity index (χ4v) is 2.24. The van der Waals surface area contributed by atoms with E-state index in [0.717, 1.165) is 12.1 Å². The Morgan fingerprint density at radius 1 is 1.27 bits per heavy atom. The van der Waals surface area contributed by atoms with Crippen LogP contribution in [0.5, 0.6) is 11.5 Å². The summed E-state index contributed by atoms with van der Waals surface area (Å²) in [7, 11) is 0. The first kappa shape index (κ1) is 18.7. The highest BCUT2D eigenvalue weighted by Gasteiger charge is 2.56. The van der Waals surface area contributed by atoms with E-state index in [9.17, 15) is 31.9 Å². The van der Waals surface area contributed by atoms with Crippen LogP contribution >= 0.6 is 22.6 Å². The lowest BCUT2D eigenvalue weighted by Crippen LogP contribution is -2.36. The van der Waals surface area contributed by atoms with Crippen LogP contribution in [-0.4, -0.2) is 29.8 Å². The number of hydrogen-bond donors (Lipinski definition) is 1. The highest BCUT2D eigenvalue weighted by molar-refractivity contribution is 14.1. The van der Waals surface area contributed by atoms with E-state index in [1.165, 1.54) is 0 Å². The molecule has 124 valence electrons. The topological polar surface area (TPSA) is 69.6 Å². The van der Waals surface area contributed by atoms with E-state index in [4.69, 9.17) is 9.84 Å². The molecule has 1 rings (SSSR count). The van der Waals surface area contributed by atoms with Crippen molar-refractivity contribution in [2.75, 3.05) is 6.61 Å². The quantitative estimate of drug-likeness (QED) is 0.419. The highest BCUT2D eigenvalue weighted by Crippen LogP contribution is 2.39. The van der Waals surface area contributed by atoms with Crippen molar-refractivity contribution in [1.82, 2.24) is 0 Å². The second kappa shape index (κ2) is 6.84. The molecule has 0 saturated heterocycles. The number of carboxylic acid groups (broad SMARTS) is 1. The monoisotopic (exact) mass is 439 g/mol. The minimum absolute atomic E-state index is 0.130. The zero-order chi connectivity index (χ0) is 17.1. The van der Waals surface area contributed by atoms with Gasteiger partial charge in [-0.05, 0) is 29.0 Å². The molecule has 0 amide bonds. The second-order valence-electron chi connectivity index (χ2n) is 4.24. The first-order valence-electron chi connectivity index (χ1n) is 5.77. The minimum atomic E-state index is -5.64. The van der Waals surface area contributed by atoms with Crippen molar-refractivity contribution in [3.63, 3.8) is 0 Å². The minimum Gasteiger partial charge on any atom is -0.872 e. The van der Waals surface area contributed by atoms with Gasteiger partial charge in [0.05, 0.1) is 10.2 Å². The first-order valence-corrected chi connectivity index (χ1v) is 6.85. The number of carboxylic acids is 1. The van der Waals surface area contributed by atoms with E-state index in [-0.39, 0.29) is 9.32 Å². The predicted octanol–water partition coefficient (Wildman–Crippen LogP) is 3.42. The molecule has 0 saturated carbocycles. The molecular formula is C12H9F5IO4-. The van der Waals surface area contributed by atoms with Crippen molar-refractivity contribution in [3.8, 4) is 11.5 Å². The molecule has 0 radical (unpaired) electrons. The van der Waals surface area contributed by atoms with E-state index in [1.807, 2.05) is 0 Å². The Kier molecular flexibility index (Phi) is 5.82. The van der Waals surface area contributed by atoms with Gasteiger partial charge in [0.25, 0.3) is 0 Å². The number of hydrogen-bond acceptors (Lipinski definition) is 3. The van der Waals surface area contributed by atoms with Crippen LogP contribution in [0.4, 0.5) is 22.0 Å². The van der Waals surface area contributed by atoms with Crippen molar-refractivity contribution in [2.24, 2.45) is 0 Å². The van der Waals surface area contributed by atoms with Crippen molar-refractivity contribution in [3.05, 3.63) is 21.3 Å². The predicted molar refractivity (Wildman–Crippen MR) is 71.3 cm³/mol. The van der Waals surface area contributed by atoms with Crippen LogP contribution in [0.3, 0.4) is 0 Å². The van der Waals surface area contributed by atoms with E-state index < -0.39 is 48.8 Å². The molecule has 0 aliphatic heterocycles. The molecule has 0 fully saturated rings. The largest absolute Gasteiger partial charge is 0.872 e. The molecule has 0 aliphatic rings. The fourth-order valence-electron chi connectivity index (χ4n) is 1.48. The van der Waals surface area contributed by atoms with Crippen molar-refractivity contribution < 1.29 is 41.7 Å². The summed E-state index contributed by atoms with van der Waals surface area (Å²) in [6.45, 7) is -0.542. The molecule has 0 heterocycles. The number of alkyl halides is 5. The molecule has 0 bridgehead atoms. The number of halogens is 6. The Bertz CT molecular complexity index is 559. The van der Waals surface area contributed by atoms with Gasteiger partial charge < -0.3 is 14.9 Å². The lowest BCUT2D eigenvalue weighted by Gasteiger charge is -2.20. The molecule has 22 heavy (non-hydrogen) atoms. The Labute approximate surface area is 135 Å². The lowest BCUT2D eigenvalue weighted by atomic mass is 10.1. The Hall–Kier alpha value is -1.33. The van der Waals surface area contributed by atoms with E-state index in [1.54, 1.807) is 22.6 Å². The van der Waals surface area contributed by atoms with Crippen LogP contribution in [0.1, 0.15) is 23.2 Å². The molecular weight excluding hydrogens is 430 g/mol. The standard InChI is InChI=1S/C12H10F5IO4/c13-11(14,12(15,16)17)2-1-3-22-9-7(10(20)21)4-6(19)5-8(9)18/h4-5,19H,1-3H2,(H,20,21)/p-1. The number of aromatic carboxylic acids is 1. The molecule has 0 aliphatic carbocycles. The molecule has 0 unspecified atom stereocenters. The number of ether oxygens (including phenoxy) is 1. The van der Waals surface area contributed by atoms with Crippen LogP contribution in [-0.2, 0) is 0 Å². The zero-order valence-corrected chi connectivity index (χ0v) is 12.9. The van der Waals surface area contributed by atoms with Crippen LogP contribution in [0, 0.1) is 3.57 Å². The van der Waals surface area contributed by atoms with Crippen LogP contribution < -0.4 is 9.84 Å². The summed E-state index contributed by atoms with van der Waals surface area (Å²) < 4.78 is 66.3. The molecule has 0 spiro atoms. The van der Waals surface area contributed by atoms with Gasteiger partial charge in [-0.15, -0.1) is 5.75 Å². The summed E-state index contributed by atoms with van der Waals surface area (Å²) in [6, 6.07) is 1.84. The number of benzene rings is 1. The first-order chi connectivity index (χ1) is 9.95. The highest BCUT2D eigenvalue weighted by atomic mass is 127. The van der Waals surface area contributed by atoms with Gasteiger partial charge in [-0.2, -0.15) is 22.0 Å². The van der Waals surface area contributed by atoms with Gasteiger partial charge >= 0.3 is 18.1 Å². The molecule has 0 aromatic heterocycles. The van der Waals surface area contributed by atoms with Crippen molar-refractivity contribution in [1.29, 1.82) is 0 Å². The van der Waals surface area contributed by atoms with Gasteiger partial charge in [-0.25, -0.2) is 4.79 Å². The Morgan fingerprint density at radius 3 is 2.36 bits per heavy atom. The molecule has 10 heteroatoms. The SMILES string of the molecule is O=C(O)c1cc([O-])cc(I)c1OCCCC(F)(F)C(F)(F)F. The average Bonchev–Trinajstić information content (AvgIpc) is 2.34. The average molecular weight is 439 g/mol. The van der Waals surface area contributed by atoms with E-state index in [2.05, 4.69) is 0 Å². The summed E-state index contributed by atoms with van der Waals surface area (Å²) in [5.41, 5.74) is -0.473. The van der Waals surface area contributed by atoms with Crippen LogP contribution in [0.2, 0.25) is 0 Å². The smallest absolute Gasteiger partial charge is 0.453 e. The summed E-state index contributed by atoms with van der Waals surface area (Å²) in [4.78, 5) is 11.0. The maximum atomic E-state index is 12.7. The van der Waals surface area contributed by atoms with E-state index >= 15 is 0 Å². The van der Waals surface area contributed by atoms with E-state index in [0.29, 0.717) is 0 Å². The van der Waals surface area contributed by atoms with Gasteiger partial charge in [0.1, 0.15) is 11.3 Å². The normalized spacial score (nSPS) is 12.3. The van der Waals surface area contributed by atoms with Crippen LogP contribution in [0.15, 0.2) is 12.1 Å². The maximum absolute atomic E-state index is 12.7. The molecule has 0 atom stereocenters. The van der Waals surface area contributed by atoms with Crippen LogP contribution in [0.25, 0.3) is 0 Å². The molecule has 1 aromatic rings. The Balaban J connectivity index is 2.72. The van der Waals surface area contributed by atoms with Crippen molar-refractivity contribution >= 4 is 28.6 Å². The fraction of sp³-hybridized carbons (Fsp3) is 0.417. The van der Waals surface area contributed by atoms with Crippen molar-refractivity contribution in [2.45, 2.75) is 24.9 Å². The second-order valence-corrected chi connectivity index (χ2v) is 5.40. The molecule has 4 nitrogen and oxygen atoms in total. The van der Waals surface area contributed by atoms with Gasteiger partial charge in [-0.3, -0.25) is 0 Å². The summed E-state index contributed by atoms with van der Waals surface area (Å²) in [6.07, 6.45) is -7.76. The third kappa shape index (κ3) is 4.58. The Morgan fingerprint density at radius 2 is 1.86 bits per heavy atom. The maximum Gasteiger partial charge on any atom is 0.453 e. The summed E-state index contributed by atoms with van der Waals surface area (Å²) in [5, 5.41) is 20.1. The third-order valence-electron chi connectivity index (χ3n) is 2.54. The van der Waals surface area contributed by atoms with Gasteiger partial charge in [0, 0.05) is 6.42 Å². The zero-order valence-electron chi connectivity index (χ0n) is 10.7. The summed E-state index contributed by atoms with van der Waals surface area (Å²) >= 11 is 1.61. The van der Waals surface area contributed by atoms with Gasteiger partial charge in [0.15, 0.2) is 0 Å². The number of carbonyl (C=O) groups is 1. The molecule has 1 N–H and O–H groups in total.